The molecule has 0 saturated heterocycles. The number of nitrogens with one attached hydrogen (secondary N) is 1. The van der Waals surface area contributed by atoms with Crippen molar-refractivity contribution in [2.45, 2.75) is 12.9 Å². The van der Waals surface area contributed by atoms with Crippen LogP contribution < -0.4 is 10.1 Å². The van der Waals surface area contributed by atoms with Crippen molar-refractivity contribution in [2.75, 3.05) is 5.32 Å². The maximum absolute atomic E-state index is 13.0. The van der Waals surface area contributed by atoms with E-state index < -0.39 is 18.0 Å². The van der Waals surface area contributed by atoms with Gasteiger partial charge in [0.2, 0.25) is 0 Å². The number of anilines is 1. The molecule has 21 heavy (non-hydrogen) atoms. The van der Waals surface area contributed by atoms with Gasteiger partial charge in [0.1, 0.15) is 5.75 Å². The molecule has 0 aliphatic heterocycles. The van der Waals surface area contributed by atoms with Gasteiger partial charge in [-0.25, -0.2) is 8.78 Å². The topological polar surface area (TPSA) is 21.3 Å². The summed E-state index contributed by atoms with van der Waals surface area (Å²) in [5.74, 6) is -2.32. The van der Waals surface area contributed by atoms with Crippen LogP contribution in [0.1, 0.15) is 5.56 Å². The number of hydrogen-bond acceptors (Lipinski definition) is 2. The number of alkyl halides is 3. The zero-order valence-corrected chi connectivity index (χ0v) is 10.5. The maximum atomic E-state index is 13.0. The van der Waals surface area contributed by atoms with E-state index in [1.54, 1.807) is 6.07 Å². The van der Waals surface area contributed by atoms with Crippen molar-refractivity contribution < 1.29 is 26.7 Å². The van der Waals surface area contributed by atoms with Crippen molar-refractivity contribution in [3.8, 4) is 5.75 Å². The maximum Gasteiger partial charge on any atom is 0.573 e. The van der Waals surface area contributed by atoms with Crippen molar-refractivity contribution >= 4 is 5.69 Å². The first-order chi connectivity index (χ1) is 9.83. The molecule has 0 spiro atoms. The molecule has 2 aromatic carbocycles. The van der Waals surface area contributed by atoms with Crippen LogP contribution in [0.4, 0.5) is 27.6 Å². The SMILES string of the molecule is Fc1ccc(NCc2cccc(OC(F)(F)F)c2)cc1F. The second-order valence-corrected chi connectivity index (χ2v) is 4.18. The molecule has 0 unspecified atom stereocenters. The highest BCUT2D eigenvalue weighted by atomic mass is 19.4. The number of rotatable bonds is 4. The second-order valence-electron chi connectivity index (χ2n) is 4.18. The summed E-state index contributed by atoms with van der Waals surface area (Å²) in [4.78, 5) is 0. The molecule has 112 valence electrons. The molecule has 0 saturated carbocycles. The van der Waals surface area contributed by atoms with E-state index in [0.29, 0.717) is 11.3 Å². The lowest BCUT2D eigenvalue weighted by molar-refractivity contribution is -0.274. The number of ether oxygens (including phenoxy) is 1. The van der Waals surface area contributed by atoms with Crippen molar-refractivity contribution in [3.63, 3.8) is 0 Å². The highest BCUT2D eigenvalue weighted by molar-refractivity contribution is 5.44. The predicted octanol–water partition coefficient (Wildman–Crippen LogP) is 4.48. The Kier molecular flexibility index (Phi) is 4.30. The van der Waals surface area contributed by atoms with Gasteiger partial charge in [-0.1, -0.05) is 12.1 Å². The first-order valence-electron chi connectivity index (χ1n) is 5.87. The Bertz CT molecular complexity index is 627. The standard InChI is InChI=1S/C14H10F5NO/c15-12-5-4-10(7-13(12)16)20-8-9-2-1-3-11(6-9)21-14(17,18)19/h1-7,20H,8H2. The van der Waals surface area contributed by atoms with E-state index in [9.17, 15) is 22.0 Å². The van der Waals surface area contributed by atoms with E-state index in [-0.39, 0.29) is 12.3 Å². The van der Waals surface area contributed by atoms with Gasteiger partial charge in [0.25, 0.3) is 0 Å². The third-order valence-corrected chi connectivity index (χ3v) is 2.55. The molecule has 0 fully saturated rings. The molecule has 0 radical (unpaired) electrons. The quantitative estimate of drug-likeness (QED) is 0.841. The van der Waals surface area contributed by atoms with Crippen LogP contribution in [0.2, 0.25) is 0 Å². The van der Waals surface area contributed by atoms with Gasteiger partial charge in [-0.2, -0.15) is 0 Å². The van der Waals surface area contributed by atoms with Crippen LogP contribution in [0.5, 0.6) is 5.75 Å². The van der Waals surface area contributed by atoms with E-state index in [1.165, 1.54) is 24.3 Å². The van der Waals surface area contributed by atoms with Crippen LogP contribution in [0.15, 0.2) is 42.5 Å². The molecule has 0 bridgehead atoms. The van der Waals surface area contributed by atoms with Gasteiger partial charge >= 0.3 is 6.36 Å². The van der Waals surface area contributed by atoms with Gasteiger partial charge in [-0.05, 0) is 29.8 Å². The molecular formula is C14H10F5NO. The lowest BCUT2D eigenvalue weighted by Crippen LogP contribution is -2.17. The number of benzene rings is 2. The molecule has 2 aromatic rings. The normalized spacial score (nSPS) is 11.3. The minimum absolute atomic E-state index is 0.139. The molecule has 0 atom stereocenters. The van der Waals surface area contributed by atoms with Gasteiger partial charge in [0, 0.05) is 18.3 Å². The Labute approximate surface area is 117 Å². The van der Waals surface area contributed by atoms with Crippen LogP contribution in [0.25, 0.3) is 0 Å². The third kappa shape index (κ3) is 4.62. The Morgan fingerprint density at radius 3 is 2.38 bits per heavy atom. The highest BCUT2D eigenvalue weighted by Gasteiger charge is 2.31. The van der Waals surface area contributed by atoms with Crippen molar-refractivity contribution in [1.29, 1.82) is 0 Å². The zero-order valence-electron chi connectivity index (χ0n) is 10.5. The number of hydrogen-bond donors (Lipinski definition) is 1. The smallest absolute Gasteiger partial charge is 0.406 e. The fraction of sp³-hybridized carbons (Fsp3) is 0.143. The predicted molar refractivity (Wildman–Crippen MR) is 66.8 cm³/mol. The van der Waals surface area contributed by atoms with Gasteiger partial charge < -0.3 is 10.1 Å². The lowest BCUT2D eigenvalue weighted by Gasteiger charge is -2.11. The summed E-state index contributed by atoms with van der Waals surface area (Å²) in [6.07, 6.45) is -4.76. The summed E-state index contributed by atoms with van der Waals surface area (Å²) in [5, 5.41) is 2.78. The van der Waals surface area contributed by atoms with Gasteiger partial charge in [0.15, 0.2) is 11.6 Å². The summed E-state index contributed by atoms with van der Waals surface area (Å²) in [6, 6.07) is 8.62. The molecule has 0 amide bonds. The fourth-order valence-electron chi connectivity index (χ4n) is 1.66. The van der Waals surface area contributed by atoms with E-state index in [2.05, 4.69) is 10.1 Å². The first-order valence-corrected chi connectivity index (χ1v) is 5.87. The average Bonchev–Trinajstić information content (AvgIpc) is 2.39. The summed E-state index contributed by atoms with van der Waals surface area (Å²) < 4.78 is 65.8. The molecule has 7 heteroatoms. The fourth-order valence-corrected chi connectivity index (χ4v) is 1.66. The number of halogens is 5. The molecule has 0 aromatic heterocycles. The van der Waals surface area contributed by atoms with Crippen LogP contribution in [-0.4, -0.2) is 6.36 Å². The van der Waals surface area contributed by atoms with E-state index in [1.807, 2.05) is 0 Å². The van der Waals surface area contributed by atoms with E-state index in [4.69, 9.17) is 0 Å². The highest BCUT2D eigenvalue weighted by Crippen LogP contribution is 2.23. The molecule has 2 nitrogen and oxygen atoms in total. The van der Waals surface area contributed by atoms with Gasteiger partial charge in [-0.15, -0.1) is 13.2 Å². The van der Waals surface area contributed by atoms with Crippen molar-refractivity contribution in [1.82, 2.24) is 0 Å². The van der Waals surface area contributed by atoms with Crippen LogP contribution in [0.3, 0.4) is 0 Å². The van der Waals surface area contributed by atoms with Crippen molar-refractivity contribution in [2.24, 2.45) is 0 Å². The Hall–Kier alpha value is -2.31. The first kappa shape index (κ1) is 15.1. The summed E-state index contributed by atoms with van der Waals surface area (Å²) >= 11 is 0. The van der Waals surface area contributed by atoms with E-state index in [0.717, 1.165) is 12.1 Å². The lowest BCUT2D eigenvalue weighted by atomic mass is 10.2. The van der Waals surface area contributed by atoms with E-state index >= 15 is 0 Å². The van der Waals surface area contributed by atoms with Gasteiger partial charge in [-0.3, -0.25) is 0 Å². The third-order valence-electron chi connectivity index (χ3n) is 2.55. The second kappa shape index (κ2) is 5.99. The Morgan fingerprint density at radius 2 is 1.71 bits per heavy atom. The molecule has 2 rings (SSSR count). The Balaban J connectivity index is 2.03. The van der Waals surface area contributed by atoms with Gasteiger partial charge in [0.05, 0.1) is 0 Å². The molecule has 0 aliphatic rings. The zero-order chi connectivity index (χ0) is 15.5. The molecule has 0 heterocycles. The average molecular weight is 303 g/mol. The minimum Gasteiger partial charge on any atom is -0.406 e. The van der Waals surface area contributed by atoms with Crippen molar-refractivity contribution in [3.05, 3.63) is 59.7 Å². The Morgan fingerprint density at radius 1 is 0.952 bits per heavy atom. The monoisotopic (exact) mass is 303 g/mol. The summed E-state index contributed by atoms with van der Waals surface area (Å²) in [6.45, 7) is 0.139. The van der Waals surface area contributed by atoms with Crippen LogP contribution in [-0.2, 0) is 6.54 Å². The summed E-state index contributed by atoms with van der Waals surface area (Å²) in [5.41, 5.74) is 0.817. The molecular weight excluding hydrogens is 293 g/mol. The minimum atomic E-state index is -4.76. The molecule has 0 aliphatic carbocycles. The van der Waals surface area contributed by atoms with Crippen LogP contribution in [0, 0.1) is 11.6 Å². The largest absolute Gasteiger partial charge is 0.573 e. The summed E-state index contributed by atoms with van der Waals surface area (Å²) in [7, 11) is 0. The van der Waals surface area contributed by atoms with Crippen LogP contribution >= 0.6 is 0 Å². The molecule has 1 N–H and O–H groups in total.